The number of phenols is 1. The quantitative estimate of drug-likeness (QED) is 0.826. The van der Waals surface area contributed by atoms with Crippen LogP contribution in [0.1, 0.15) is 5.56 Å². The van der Waals surface area contributed by atoms with Gasteiger partial charge in [-0.3, -0.25) is 9.59 Å². The number of nitrogens with zero attached hydrogens (tertiary/aromatic N) is 1. The Kier molecular flexibility index (Phi) is 4.51. The number of benzene rings is 2. The van der Waals surface area contributed by atoms with E-state index in [-0.39, 0.29) is 10.7 Å². The number of halogens is 1. The van der Waals surface area contributed by atoms with Crippen LogP contribution in [0.25, 0.3) is 6.08 Å². The van der Waals surface area contributed by atoms with Crippen molar-refractivity contribution in [1.29, 1.82) is 0 Å². The van der Waals surface area contributed by atoms with Crippen LogP contribution in [-0.4, -0.2) is 23.4 Å². The first-order valence-electron chi connectivity index (χ1n) is 6.91. The second-order valence-electron chi connectivity index (χ2n) is 4.89. The van der Waals surface area contributed by atoms with E-state index in [1.54, 1.807) is 42.5 Å². The number of aromatic hydroxyl groups is 1. The van der Waals surface area contributed by atoms with E-state index in [9.17, 15) is 14.7 Å². The summed E-state index contributed by atoms with van der Waals surface area (Å²) in [7, 11) is 1.44. The molecule has 122 valence electrons. The summed E-state index contributed by atoms with van der Waals surface area (Å²) in [4.78, 5) is 26.0. The van der Waals surface area contributed by atoms with Crippen LogP contribution >= 0.6 is 23.4 Å². The maximum atomic E-state index is 12.5. The van der Waals surface area contributed by atoms with E-state index in [1.165, 1.54) is 13.2 Å². The molecule has 0 saturated carbocycles. The van der Waals surface area contributed by atoms with Crippen LogP contribution in [-0.2, 0) is 4.79 Å². The van der Waals surface area contributed by atoms with Crippen LogP contribution in [0.15, 0.2) is 47.4 Å². The Bertz CT molecular complexity index is 848. The van der Waals surface area contributed by atoms with E-state index < -0.39 is 11.1 Å². The number of thioether (sulfide) groups is 1. The van der Waals surface area contributed by atoms with Gasteiger partial charge in [0.05, 0.1) is 17.7 Å². The third-order valence-corrected chi connectivity index (χ3v) is 4.54. The highest BCUT2D eigenvalue weighted by Crippen LogP contribution is 2.38. The van der Waals surface area contributed by atoms with Gasteiger partial charge in [-0.2, -0.15) is 0 Å². The minimum Gasteiger partial charge on any atom is -0.504 e. The molecule has 24 heavy (non-hydrogen) atoms. The number of carbonyl (C=O) groups is 2. The van der Waals surface area contributed by atoms with Crippen molar-refractivity contribution in [2.24, 2.45) is 0 Å². The molecule has 0 atom stereocenters. The first-order valence-corrected chi connectivity index (χ1v) is 8.10. The lowest BCUT2D eigenvalue weighted by Crippen LogP contribution is -2.27. The second kappa shape index (κ2) is 6.59. The zero-order chi connectivity index (χ0) is 17.3. The standard InChI is InChI=1S/C17H12ClNO4S/c1-23-13-4-2-3-10(15(13)20)9-14-16(21)19(17(22)24-14)12-7-5-11(18)6-8-12/h2-9,20H,1H3/b14-9+. The summed E-state index contributed by atoms with van der Waals surface area (Å²) in [5.41, 5.74) is 0.844. The van der Waals surface area contributed by atoms with Gasteiger partial charge in [-0.25, -0.2) is 4.90 Å². The Labute approximate surface area is 147 Å². The molecule has 1 saturated heterocycles. The normalized spacial score (nSPS) is 16.1. The van der Waals surface area contributed by atoms with Crippen molar-refractivity contribution in [3.8, 4) is 11.5 Å². The zero-order valence-electron chi connectivity index (χ0n) is 12.5. The van der Waals surface area contributed by atoms with E-state index in [4.69, 9.17) is 16.3 Å². The number of imide groups is 1. The monoisotopic (exact) mass is 361 g/mol. The van der Waals surface area contributed by atoms with Gasteiger partial charge in [0, 0.05) is 10.6 Å². The number of hydrogen-bond acceptors (Lipinski definition) is 5. The van der Waals surface area contributed by atoms with Crippen LogP contribution in [0, 0.1) is 0 Å². The molecule has 1 N–H and O–H groups in total. The van der Waals surface area contributed by atoms with E-state index in [0.29, 0.717) is 22.0 Å². The van der Waals surface area contributed by atoms with Crippen molar-refractivity contribution in [3.05, 3.63) is 58.0 Å². The van der Waals surface area contributed by atoms with Gasteiger partial charge < -0.3 is 9.84 Å². The molecule has 2 aromatic rings. The summed E-state index contributed by atoms with van der Waals surface area (Å²) in [5.74, 6) is -0.242. The number of phenolic OH excluding ortho intramolecular Hbond substituents is 1. The number of carbonyl (C=O) groups excluding carboxylic acids is 2. The zero-order valence-corrected chi connectivity index (χ0v) is 14.1. The Morgan fingerprint density at radius 2 is 1.88 bits per heavy atom. The predicted molar refractivity (Wildman–Crippen MR) is 94.6 cm³/mol. The van der Waals surface area contributed by atoms with Gasteiger partial charge in [-0.15, -0.1) is 0 Å². The average Bonchev–Trinajstić information content (AvgIpc) is 2.84. The van der Waals surface area contributed by atoms with Crippen LogP contribution in [0.4, 0.5) is 10.5 Å². The Hall–Kier alpha value is -2.44. The molecule has 1 aliphatic rings. The average molecular weight is 362 g/mol. The fourth-order valence-electron chi connectivity index (χ4n) is 2.24. The fraction of sp³-hybridized carbons (Fsp3) is 0.0588. The fourth-order valence-corrected chi connectivity index (χ4v) is 3.20. The topological polar surface area (TPSA) is 66.8 Å². The van der Waals surface area contributed by atoms with Crippen molar-refractivity contribution in [2.45, 2.75) is 0 Å². The maximum Gasteiger partial charge on any atom is 0.298 e. The van der Waals surface area contributed by atoms with E-state index in [2.05, 4.69) is 0 Å². The number of hydrogen-bond donors (Lipinski definition) is 1. The summed E-state index contributed by atoms with van der Waals surface area (Å²) in [6.07, 6.45) is 1.47. The second-order valence-corrected chi connectivity index (χ2v) is 6.32. The van der Waals surface area contributed by atoms with Gasteiger partial charge in [-0.05, 0) is 48.2 Å². The first-order chi connectivity index (χ1) is 11.5. The van der Waals surface area contributed by atoms with Gasteiger partial charge in [-0.1, -0.05) is 23.7 Å². The summed E-state index contributed by atoms with van der Waals surface area (Å²) in [6, 6.07) is 11.3. The number of anilines is 1. The third-order valence-electron chi connectivity index (χ3n) is 3.42. The molecule has 0 unspecified atom stereocenters. The lowest BCUT2D eigenvalue weighted by Gasteiger charge is -2.12. The van der Waals surface area contributed by atoms with Crippen molar-refractivity contribution in [2.75, 3.05) is 12.0 Å². The molecule has 0 aliphatic carbocycles. The highest BCUT2D eigenvalue weighted by Gasteiger charge is 2.36. The van der Waals surface area contributed by atoms with E-state index >= 15 is 0 Å². The molecule has 1 fully saturated rings. The van der Waals surface area contributed by atoms with Gasteiger partial charge in [0.25, 0.3) is 11.1 Å². The number of ether oxygens (including phenoxy) is 1. The summed E-state index contributed by atoms with van der Waals surface area (Å²) in [5, 5.41) is 10.2. The number of para-hydroxylation sites is 1. The largest absolute Gasteiger partial charge is 0.504 e. The molecule has 0 radical (unpaired) electrons. The van der Waals surface area contributed by atoms with Crippen molar-refractivity contribution in [3.63, 3.8) is 0 Å². The van der Waals surface area contributed by atoms with Crippen LogP contribution in [0.2, 0.25) is 5.02 Å². The maximum absolute atomic E-state index is 12.5. The van der Waals surface area contributed by atoms with E-state index in [1.807, 2.05) is 0 Å². The molecule has 5 nitrogen and oxygen atoms in total. The number of amides is 2. The van der Waals surface area contributed by atoms with Crippen molar-refractivity contribution < 1.29 is 19.4 Å². The minimum absolute atomic E-state index is 0.0849. The molecular weight excluding hydrogens is 350 g/mol. The van der Waals surface area contributed by atoms with Gasteiger partial charge in [0.15, 0.2) is 11.5 Å². The lowest BCUT2D eigenvalue weighted by molar-refractivity contribution is -0.113. The molecule has 1 aliphatic heterocycles. The number of methoxy groups -OCH3 is 1. The highest BCUT2D eigenvalue weighted by molar-refractivity contribution is 8.19. The van der Waals surface area contributed by atoms with Crippen LogP contribution in [0.3, 0.4) is 0 Å². The molecule has 2 aromatic carbocycles. The molecule has 3 rings (SSSR count). The molecule has 1 heterocycles. The van der Waals surface area contributed by atoms with Gasteiger partial charge in [0.2, 0.25) is 0 Å². The lowest BCUT2D eigenvalue weighted by atomic mass is 10.1. The predicted octanol–water partition coefficient (Wildman–Crippen LogP) is 4.30. The van der Waals surface area contributed by atoms with Gasteiger partial charge >= 0.3 is 0 Å². The SMILES string of the molecule is COc1cccc(/C=C2/SC(=O)N(c3ccc(Cl)cc3)C2=O)c1O. The summed E-state index contributed by atoms with van der Waals surface area (Å²) >= 11 is 6.64. The van der Waals surface area contributed by atoms with Crippen LogP contribution in [0.5, 0.6) is 11.5 Å². The molecular formula is C17H12ClNO4S. The van der Waals surface area contributed by atoms with Crippen molar-refractivity contribution in [1.82, 2.24) is 0 Å². The summed E-state index contributed by atoms with van der Waals surface area (Å²) < 4.78 is 5.04. The molecule has 0 spiro atoms. The minimum atomic E-state index is -0.449. The molecule has 0 aromatic heterocycles. The van der Waals surface area contributed by atoms with Gasteiger partial charge in [0.1, 0.15) is 0 Å². The smallest absolute Gasteiger partial charge is 0.298 e. The van der Waals surface area contributed by atoms with Crippen LogP contribution < -0.4 is 9.64 Å². The van der Waals surface area contributed by atoms with Crippen molar-refractivity contribution >= 4 is 46.3 Å². The number of rotatable bonds is 3. The Morgan fingerprint density at radius 3 is 2.54 bits per heavy atom. The highest BCUT2D eigenvalue weighted by atomic mass is 35.5. The molecule has 2 amide bonds. The molecule has 7 heteroatoms. The molecule has 0 bridgehead atoms. The Balaban J connectivity index is 1.95. The first kappa shape index (κ1) is 16.4. The summed E-state index contributed by atoms with van der Waals surface area (Å²) in [6.45, 7) is 0. The third kappa shape index (κ3) is 2.98. The van der Waals surface area contributed by atoms with E-state index in [0.717, 1.165) is 16.7 Å². The Morgan fingerprint density at radius 1 is 1.17 bits per heavy atom.